The third kappa shape index (κ3) is 3.01. The van der Waals surface area contributed by atoms with E-state index in [1.165, 1.54) is 0 Å². The van der Waals surface area contributed by atoms with Gasteiger partial charge in [0.2, 0.25) is 0 Å². The van der Waals surface area contributed by atoms with E-state index >= 15 is 0 Å². The summed E-state index contributed by atoms with van der Waals surface area (Å²) in [6.07, 6.45) is 3.72. The zero-order valence-corrected chi connectivity index (χ0v) is 10.7. The van der Waals surface area contributed by atoms with Gasteiger partial charge in [-0.15, -0.1) is 0 Å². The van der Waals surface area contributed by atoms with Crippen LogP contribution in [0.25, 0.3) is 0 Å². The van der Waals surface area contributed by atoms with Crippen molar-refractivity contribution in [2.45, 2.75) is 18.9 Å². The maximum atomic E-state index is 11.2. The predicted molar refractivity (Wildman–Crippen MR) is 66.5 cm³/mol. The van der Waals surface area contributed by atoms with E-state index in [2.05, 4.69) is 26.2 Å². The second kappa shape index (κ2) is 5.07. The molecule has 1 aliphatic heterocycles. The first-order valence-electron chi connectivity index (χ1n) is 4.98. The summed E-state index contributed by atoms with van der Waals surface area (Å²) in [4.78, 5) is 4.15. The summed E-state index contributed by atoms with van der Waals surface area (Å²) in [5.41, 5.74) is 1.02. The summed E-state index contributed by atoms with van der Waals surface area (Å²) in [7, 11) is -0.592. The highest BCUT2D eigenvalue weighted by atomic mass is 79.9. The minimum Gasteiger partial charge on any atom is -0.380 e. The number of aromatic nitrogens is 1. The van der Waals surface area contributed by atoms with Crippen molar-refractivity contribution >= 4 is 32.4 Å². The van der Waals surface area contributed by atoms with Gasteiger partial charge in [0.25, 0.3) is 0 Å². The average molecular weight is 289 g/mol. The first-order valence-corrected chi connectivity index (χ1v) is 7.26. The molecule has 1 aliphatic rings. The highest BCUT2D eigenvalue weighted by Crippen LogP contribution is 2.22. The van der Waals surface area contributed by atoms with Crippen molar-refractivity contribution in [1.82, 2.24) is 4.98 Å². The fraction of sp³-hybridized carbons (Fsp3) is 0.500. The second-order valence-electron chi connectivity index (χ2n) is 3.61. The fourth-order valence-corrected chi connectivity index (χ4v) is 3.32. The maximum absolute atomic E-state index is 11.2. The quantitative estimate of drug-likeness (QED) is 0.848. The standard InChI is InChI=1S/C10H13BrN2OS/c11-10-9(2-1-5-12-10)13-8-3-6-15(14)7-4-8/h1-2,5,8,13H,3-4,6-7H2. The lowest BCUT2D eigenvalue weighted by Crippen LogP contribution is -2.29. The van der Waals surface area contributed by atoms with Crippen molar-refractivity contribution in [3.05, 3.63) is 22.9 Å². The fourth-order valence-electron chi connectivity index (χ4n) is 1.65. The van der Waals surface area contributed by atoms with E-state index in [9.17, 15) is 4.21 Å². The Morgan fingerprint density at radius 1 is 1.47 bits per heavy atom. The van der Waals surface area contributed by atoms with Gasteiger partial charge in [0.1, 0.15) is 4.60 Å². The van der Waals surface area contributed by atoms with Crippen LogP contribution in [0.5, 0.6) is 0 Å². The smallest absolute Gasteiger partial charge is 0.129 e. The molecule has 0 radical (unpaired) electrons. The Bertz CT molecular complexity index is 362. The van der Waals surface area contributed by atoms with Gasteiger partial charge in [-0.2, -0.15) is 0 Å². The first-order chi connectivity index (χ1) is 7.25. The monoisotopic (exact) mass is 288 g/mol. The number of halogens is 1. The van der Waals surface area contributed by atoms with Crippen LogP contribution >= 0.6 is 15.9 Å². The topological polar surface area (TPSA) is 42.0 Å². The number of rotatable bonds is 2. The third-order valence-corrected chi connectivity index (χ3v) is 4.52. The molecule has 0 atom stereocenters. The molecule has 2 rings (SSSR count). The first kappa shape index (κ1) is 11.1. The van der Waals surface area contributed by atoms with Crippen LogP contribution in [0, 0.1) is 0 Å². The molecule has 15 heavy (non-hydrogen) atoms. The molecule has 0 amide bonds. The van der Waals surface area contributed by atoms with Crippen LogP contribution < -0.4 is 5.32 Å². The van der Waals surface area contributed by atoms with Crippen LogP contribution in [0.3, 0.4) is 0 Å². The van der Waals surface area contributed by atoms with E-state index in [4.69, 9.17) is 0 Å². The predicted octanol–water partition coefficient (Wildman–Crippen LogP) is 2.17. The van der Waals surface area contributed by atoms with Gasteiger partial charge < -0.3 is 5.32 Å². The Kier molecular flexibility index (Phi) is 3.75. The lowest BCUT2D eigenvalue weighted by Gasteiger charge is -2.23. The third-order valence-electron chi connectivity index (χ3n) is 2.51. The zero-order valence-electron chi connectivity index (χ0n) is 8.28. The van der Waals surface area contributed by atoms with Gasteiger partial charge in [-0.3, -0.25) is 4.21 Å². The molecule has 2 heterocycles. The molecule has 1 fully saturated rings. The number of pyridine rings is 1. The molecule has 0 unspecified atom stereocenters. The number of hydrogen-bond donors (Lipinski definition) is 1. The van der Waals surface area contributed by atoms with E-state index in [0.717, 1.165) is 34.6 Å². The van der Waals surface area contributed by atoms with Crippen LogP contribution in [-0.2, 0) is 10.8 Å². The number of anilines is 1. The molecule has 5 heteroatoms. The Hall–Kier alpha value is -0.420. The lowest BCUT2D eigenvalue weighted by molar-refractivity contribution is 0.623. The van der Waals surface area contributed by atoms with Crippen molar-refractivity contribution in [2.75, 3.05) is 16.8 Å². The molecule has 1 aromatic rings. The van der Waals surface area contributed by atoms with Gasteiger partial charge in [0.15, 0.2) is 0 Å². The minimum absolute atomic E-state index is 0.434. The molecule has 82 valence electrons. The Morgan fingerprint density at radius 2 is 2.20 bits per heavy atom. The van der Waals surface area contributed by atoms with E-state index < -0.39 is 10.8 Å². The molecule has 0 aromatic carbocycles. The van der Waals surface area contributed by atoms with Crippen LogP contribution in [0.15, 0.2) is 22.9 Å². The van der Waals surface area contributed by atoms with Crippen LogP contribution in [0.2, 0.25) is 0 Å². The lowest BCUT2D eigenvalue weighted by atomic mass is 10.1. The van der Waals surface area contributed by atoms with Crippen molar-refractivity contribution in [2.24, 2.45) is 0 Å². The van der Waals surface area contributed by atoms with Gasteiger partial charge >= 0.3 is 0 Å². The molecular formula is C10H13BrN2OS. The summed E-state index contributed by atoms with van der Waals surface area (Å²) < 4.78 is 12.0. The Balaban J connectivity index is 1.97. The van der Waals surface area contributed by atoms with E-state index in [1.54, 1.807) is 6.20 Å². The highest BCUT2D eigenvalue weighted by molar-refractivity contribution is 9.10. The minimum atomic E-state index is -0.592. The van der Waals surface area contributed by atoms with Crippen molar-refractivity contribution in [3.63, 3.8) is 0 Å². The molecule has 1 aromatic heterocycles. The molecular weight excluding hydrogens is 276 g/mol. The van der Waals surface area contributed by atoms with Crippen molar-refractivity contribution < 1.29 is 4.21 Å². The molecule has 1 N–H and O–H groups in total. The number of nitrogens with zero attached hydrogens (tertiary/aromatic N) is 1. The summed E-state index contributed by atoms with van der Waals surface area (Å²) in [6.45, 7) is 0. The SMILES string of the molecule is O=S1CCC(Nc2cccnc2Br)CC1. The largest absolute Gasteiger partial charge is 0.380 e. The van der Waals surface area contributed by atoms with Crippen LogP contribution in [-0.4, -0.2) is 26.7 Å². The molecule has 1 saturated heterocycles. The van der Waals surface area contributed by atoms with Gasteiger partial charge in [0.05, 0.1) is 5.69 Å². The number of nitrogens with one attached hydrogen (secondary N) is 1. The zero-order chi connectivity index (χ0) is 10.7. The molecule has 0 bridgehead atoms. The molecule has 0 spiro atoms. The highest BCUT2D eigenvalue weighted by Gasteiger charge is 2.18. The van der Waals surface area contributed by atoms with Crippen LogP contribution in [0.4, 0.5) is 5.69 Å². The average Bonchev–Trinajstić information content (AvgIpc) is 2.25. The van der Waals surface area contributed by atoms with Gasteiger partial charge in [0, 0.05) is 34.5 Å². The van der Waals surface area contributed by atoms with Crippen molar-refractivity contribution in [1.29, 1.82) is 0 Å². The van der Waals surface area contributed by atoms with Gasteiger partial charge in [-0.25, -0.2) is 4.98 Å². The Morgan fingerprint density at radius 3 is 2.87 bits per heavy atom. The number of hydrogen-bond acceptors (Lipinski definition) is 3. The van der Waals surface area contributed by atoms with Gasteiger partial charge in [-0.05, 0) is 40.9 Å². The van der Waals surface area contributed by atoms with E-state index in [1.807, 2.05) is 12.1 Å². The summed E-state index contributed by atoms with van der Waals surface area (Å²) in [5.74, 6) is 1.63. The maximum Gasteiger partial charge on any atom is 0.129 e. The van der Waals surface area contributed by atoms with E-state index in [-0.39, 0.29) is 0 Å². The Labute approximate surface area is 100 Å². The van der Waals surface area contributed by atoms with Crippen LogP contribution in [0.1, 0.15) is 12.8 Å². The summed E-state index contributed by atoms with van der Waals surface area (Å²) >= 11 is 3.40. The normalized spacial score (nSPS) is 26.2. The summed E-state index contributed by atoms with van der Waals surface area (Å²) in [5, 5.41) is 3.43. The summed E-state index contributed by atoms with van der Waals surface area (Å²) in [6, 6.07) is 4.35. The molecule has 3 nitrogen and oxygen atoms in total. The van der Waals surface area contributed by atoms with E-state index in [0.29, 0.717) is 6.04 Å². The molecule has 0 aliphatic carbocycles. The second-order valence-corrected chi connectivity index (χ2v) is 6.06. The van der Waals surface area contributed by atoms with Gasteiger partial charge in [-0.1, -0.05) is 0 Å². The molecule has 0 saturated carbocycles. The van der Waals surface area contributed by atoms with Crippen molar-refractivity contribution in [3.8, 4) is 0 Å².